The number of aliphatic hydroxyl groups excluding tert-OH is 1. The van der Waals surface area contributed by atoms with Gasteiger partial charge in [0.25, 0.3) is 0 Å². The van der Waals surface area contributed by atoms with Gasteiger partial charge < -0.3 is 67.9 Å². The zero-order valence-electron chi connectivity index (χ0n) is 46.9. The van der Waals surface area contributed by atoms with E-state index in [0.717, 1.165) is 22.0 Å². The van der Waals surface area contributed by atoms with Crippen molar-refractivity contribution < 1.29 is 48.3 Å². The third kappa shape index (κ3) is 17.7. The van der Waals surface area contributed by atoms with Crippen LogP contribution in [0, 0.1) is 5.92 Å². The van der Waals surface area contributed by atoms with Crippen molar-refractivity contribution in [2.24, 2.45) is 11.7 Å². The summed E-state index contributed by atoms with van der Waals surface area (Å²) in [6.07, 6.45) is 7.27. The van der Waals surface area contributed by atoms with Crippen molar-refractivity contribution in [2.75, 3.05) is 6.54 Å². The minimum Gasteiger partial charge on any atom is -0.390 e. The number of aryl methyl sites for hydroxylation is 1. The van der Waals surface area contributed by atoms with E-state index in [9.17, 15) is 48.3 Å². The maximum absolute atomic E-state index is 14.4. The number of rotatable bonds is 29. The second-order valence-electron chi connectivity index (χ2n) is 21.3. The molecule has 0 aliphatic carbocycles. The molecule has 3 aromatic carbocycles. The number of nitrogens with two attached hydrogens (primary N) is 1. The van der Waals surface area contributed by atoms with Crippen molar-refractivity contribution in [1.82, 2.24) is 67.0 Å². The molecule has 1 aliphatic rings. The number of nitrogens with one attached hydrogen (secondary N) is 10. The maximum Gasteiger partial charge on any atom is 0.245 e. The van der Waals surface area contributed by atoms with Crippen molar-refractivity contribution >= 4 is 64.1 Å². The highest BCUT2D eigenvalue weighted by atomic mass is 16.3. The van der Waals surface area contributed by atoms with E-state index in [0.29, 0.717) is 36.2 Å². The molecule has 7 rings (SSSR count). The highest BCUT2D eigenvalue weighted by Gasteiger charge is 2.40. The van der Waals surface area contributed by atoms with Gasteiger partial charge in [0.2, 0.25) is 53.2 Å². The van der Waals surface area contributed by atoms with Gasteiger partial charge >= 0.3 is 0 Å². The lowest BCUT2D eigenvalue weighted by Gasteiger charge is -2.32. The normalized spacial score (nSPS) is 16.0. The van der Waals surface area contributed by atoms with Crippen LogP contribution in [0.3, 0.4) is 0 Å². The lowest BCUT2D eigenvalue weighted by atomic mass is 10.0. The molecular formula is C59H74N14O10. The van der Waals surface area contributed by atoms with Crippen LogP contribution in [-0.4, -0.2) is 149 Å². The van der Waals surface area contributed by atoms with E-state index in [2.05, 4.69) is 62.1 Å². The van der Waals surface area contributed by atoms with Crippen LogP contribution in [0.4, 0.5) is 0 Å². The number of aromatic amines is 3. The Morgan fingerprint density at radius 1 is 0.602 bits per heavy atom. The predicted molar refractivity (Wildman–Crippen MR) is 306 cm³/mol. The fourth-order valence-corrected chi connectivity index (χ4v) is 9.99. The summed E-state index contributed by atoms with van der Waals surface area (Å²) in [5, 5.41) is 31.2. The number of carbonyl (C=O) groups excluding carboxylic acids is 9. The molecule has 83 heavy (non-hydrogen) atoms. The van der Waals surface area contributed by atoms with Gasteiger partial charge in [-0.05, 0) is 61.8 Å². The Morgan fingerprint density at radius 3 is 1.78 bits per heavy atom. The number of primary amides is 1. The summed E-state index contributed by atoms with van der Waals surface area (Å²) in [5.41, 5.74) is 9.85. The fraction of sp³-hybridized carbons (Fsp3) is 0.407. The van der Waals surface area contributed by atoms with Gasteiger partial charge in [0.05, 0.1) is 31.2 Å². The molecule has 1 unspecified atom stereocenters. The minimum absolute atomic E-state index is 0.0186. The molecule has 1 fully saturated rings. The summed E-state index contributed by atoms with van der Waals surface area (Å²) in [6.45, 7) is 6.38. The standard InChI is InChI=1S/C59H74N14O10/c1-34(2)52(58(82)67-35(3)54(78)71-47(27-41-31-62-33-65-41)59(83)73-23-13-20-48(73)49(74)28-51(76)68-44(53(60)77)24-38-16-9-6-10-17-38)72-55(79)36(4)66-56(80)45(25-39-29-63-43-19-12-11-18-42(39)43)70-57(81)46(26-40-30-61-32-64-40)69-50(75)22-21-37-14-7-5-8-15-37/h5-12,14-19,29-36,44-49,52,63,74H,13,20-28H2,1-4H3,(H2,60,77)(H,61,64)(H,62,65)(H,66,80)(H,67,82)(H,68,76)(H,69,75)(H,70,81)(H,71,78)(H,72,79)/t35-,36+,44+,45+,46+,47+,48+,49?,52+/m1/s1. The molecule has 13 N–H and O–H groups in total. The molecule has 9 amide bonds. The van der Waals surface area contributed by atoms with Gasteiger partial charge in [-0.3, -0.25) is 43.2 Å². The van der Waals surface area contributed by atoms with Crippen LogP contribution >= 0.6 is 0 Å². The van der Waals surface area contributed by atoms with E-state index in [1.165, 1.54) is 43.8 Å². The summed E-state index contributed by atoms with van der Waals surface area (Å²) >= 11 is 0. The molecule has 1 aliphatic heterocycles. The quantitative estimate of drug-likeness (QED) is 0.0311. The number of fused-ring (bicyclic) bond motifs is 1. The van der Waals surface area contributed by atoms with Crippen molar-refractivity contribution in [2.45, 2.75) is 140 Å². The third-order valence-electron chi connectivity index (χ3n) is 14.6. The first-order valence-corrected chi connectivity index (χ1v) is 27.8. The molecule has 0 bridgehead atoms. The molecule has 0 saturated carbocycles. The van der Waals surface area contributed by atoms with E-state index in [1.54, 1.807) is 44.3 Å². The Labute approximate surface area is 480 Å². The number of carbonyl (C=O) groups is 9. The van der Waals surface area contributed by atoms with Gasteiger partial charge in [0, 0.05) is 79.5 Å². The topological polar surface area (TPSA) is 360 Å². The van der Waals surface area contributed by atoms with E-state index < -0.39 is 114 Å². The Hall–Kier alpha value is -9.19. The van der Waals surface area contributed by atoms with Crippen molar-refractivity contribution in [3.8, 4) is 0 Å². The van der Waals surface area contributed by atoms with Gasteiger partial charge in [0.15, 0.2) is 0 Å². The van der Waals surface area contributed by atoms with Crippen LogP contribution in [0.25, 0.3) is 10.9 Å². The second kappa shape index (κ2) is 29.5. The Morgan fingerprint density at radius 2 is 1.16 bits per heavy atom. The van der Waals surface area contributed by atoms with E-state index in [-0.39, 0.29) is 44.6 Å². The first kappa shape index (κ1) is 61.4. The minimum atomic E-state index is -1.34. The van der Waals surface area contributed by atoms with Crippen molar-refractivity contribution in [1.29, 1.82) is 0 Å². The number of amides is 9. The van der Waals surface area contributed by atoms with Crippen LogP contribution in [0.2, 0.25) is 0 Å². The molecule has 24 heteroatoms. The van der Waals surface area contributed by atoms with Crippen LogP contribution < -0.4 is 43.0 Å². The number of H-pyrrole nitrogens is 3. The SMILES string of the molecule is CC(C)[C@H](NC(=O)[C@H](C)NC(=O)[C@H](Cc1c[nH]c2ccccc12)NC(=O)[C@H](Cc1cnc[nH]1)NC(=O)CCc1ccccc1)C(=O)N[C@H](C)C(=O)N[C@@H](Cc1cnc[nH]1)C(=O)N1CCC[C@H]1C(O)CC(=O)N[C@@H](Cc1ccccc1)C(N)=O. The van der Waals surface area contributed by atoms with Gasteiger partial charge in [-0.15, -0.1) is 0 Å². The number of aliphatic hydroxyl groups is 1. The molecule has 0 radical (unpaired) electrons. The summed E-state index contributed by atoms with van der Waals surface area (Å²) in [7, 11) is 0. The van der Waals surface area contributed by atoms with Crippen molar-refractivity contribution in [3.63, 3.8) is 0 Å². The second-order valence-corrected chi connectivity index (χ2v) is 21.3. The van der Waals surface area contributed by atoms with E-state index in [4.69, 9.17) is 5.73 Å². The molecule has 4 heterocycles. The van der Waals surface area contributed by atoms with Gasteiger partial charge in [-0.25, -0.2) is 9.97 Å². The van der Waals surface area contributed by atoms with Crippen LogP contribution in [-0.2, 0) is 75.3 Å². The number of hydrogen-bond donors (Lipinski definition) is 12. The maximum atomic E-state index is 14.4. The highest BCUT2D eigenvalue weighted by molar-refractivity contribution is 5.98. The number of likely N-dealkylation sites (tertiary alicyclic amines) is 1. The molecule has 6 aromatic rings. The summed E-state index contributed by atoms with van der Waals surface area (Å²) in [6, 6.07) is 16.6. The third-order valence-corrected chi connectivity index (χ3v) is 14.6. The van der Waals surface area contributed by atoms with Gasteiger partial charge in [-0.2, -0.15) is 0 Å². The van der Waals surface area contributed by atoms with Gasteiger partial charge in [-0.1, -0.05) is 92.7 Å². The molecule has 440 valence electrons. The molecule has 3 aromatic heterocycles. The Kier molecular flexibility index (Phi) is 21.8. The lowest BCUT2D eigenvalue weighted by molar-refractivity contribution is -0.140. The summed E-state index contributed by atoms with van der Waals surface area (Å²) < 4.78 is 0. The first-order chi connectivity index (χ1) is 39.8. The molecule has 0 spiro atoms. The largest absolute Gasteiger partial charge is 0.390 e. The smallest absolute Gasteiger partial charge is 0.245 e. The zero-order chi connectivity index (χ0) is 59.6. The van der Waals surface area contributed by atoms with Gasteiger partial charge in [0.1, 0.15) is 42.3 Å². The number of hydrogen-bond acceptors (Lipinski definition) is 12. The number of aromatic nitrogens is 5. The Balaban J connectivity index is 0.976. The molecule has 9 atom stereocenters. The van der Waals surface area contributed by atoms with Crippen LogP contribution in [0.15, 0.2) is 116 Å². The van der Waals surface area contributed by atoms with Crippen LogP contribution in [0.5, 0.6) is 0 Å². The van der Waals surface area contributed by atoms with E-state index in [1.807, 2.05) is 60.7 Å². The monoisotopic (exact) mass is 1140 g/mol. The summed E-state index contributed by atoms with van der Waals surface area (Å²) in [4.78, 5) is 142. The molecular weight excluding hydrogens is 1060 g/mol. The highest BCUT2D eigenvalue weighted by Crippen LogP contribution is 2.24. The number of para-hydroxylation sites is 1. The first-order valence-electron chi connectivity index (χ1n) is 27.8. The van der Waals surface area contributed by atoms with Crippen molar-refractivity contribution in [3.05, 3.63) is 144 Å². The fourth-order valence-electron chi connectivity index (χ4n) is 9.99. The van der Waals surface area contributed by atoms with Crippen LogP contribution in [0.1, 0.15) is 81.5 Å². The summed E-state index contributed by atoms with van der Waals surface area (Å²) in [5.74, 6) is -6.53. The average Bonchev–Trinajstić information content (AvgIpc) is 4.55. The number of imidazole rings is 2. The average molecular weight is 1140 g/mol. The Bertz CT molecular complexity index is 3150. The number of benzene rings is 3. The van der Waals surface area contributed by atoms with E-state index >= 15 is 0 Å². The molecule has 24 nitrogen and oxygen atoms in total. The predicted octanol–water partition coefficient (Wildman–Crippen LogP) is 0.834. The number of nitrogens with zero attached hydrogens (tertiary/aromatic N) is 3. The zero-order valence-corrected chi connectivity index (χ0v) is 46.9. The molecule has 1 saturated heterocycles. The lowest BCUT2D eigenvalue weighted by Crippen LogP contribution is -2.60.